The number of amides is 1. The van der Waals surface area contributed by atoms with Gasteiger partial charge in [0.05, 0.1) is 17.6 Å². The van der Waals surface area contributed by atoms with E-state index in [9.17, 15) is 4.79 Å². The zero-order valence-corrected chi connectivity index (χ0v) is 20.5. The number of nitrogens with zero attached hydrogens (tertiary/aromatic N) is 2. The lowest BCUT2D eigenvalue weighted by Crippen LogP contribution is -2.31. The molecule has 3 aromatic carbocycles. The van der Waals surface area contributed by atoms with Gasteiger partial charge in [0.25, 0.3) is 5.91 Å². The van der Waals surface area contributed by atoms with Crippen LogP contribution in [0.3, 0.4) is 0 Å². The molecular weight excluding hydrogens is 438 g/mol. The molecule has 0 fully saturated rings. The topological polar surface area (TPSA) is 65.4 Å². The highest BCUT2D eigenvalue weighted by molar-refractivity contribution is 5.77. The molecule has 0 radical (unpaired) electrons. The van der Waals surface area contributed by atoms with Gasteiger partial charge in [-0.1, -0.05) is 36.4 Å². The lowest BCUT2D eigenvalue weighted by molar-refractivity contribution is -0.123. The summed E-state index contributed by atoms with van der Waals surface area (Å²) < 4.78 is 13.7. The molecule has 0 unspecified atom stereocenters. The molecule has 0 saturated heterocycles. The van der Waals surface area contributed by atoms with Gasteiger partial charge in [-0.25, -0.2) is 4.98 Å². The van der Waals surface area contributed by atoms with E-state index in [4.69, 9.17) is 14.5 Å². The van der Waals surface area contributed by atoms with Crippen molar-refractivity contribution in [3.05, 3.63) is 89.7 Å². The van der Waals surface area contributed by atoms with E-state index in [-0.39, 0.29) is 12.5 Å². The number of unbranched alkanes of at least 4 members (excludes halogenated alkanes) is 1. The zero-order chi connectivity index (χ0) is 24.5. The molecule has 35 heavy (non-hydrogen) atoms. The molecule has 0 saturated carbocycles. The summed E-state index contributed by atoms with van der Waals surface area (Å²) in [5.41, 5.74) is 4.53. The number of rotatable bonds is 12. The summed E-state index contributed by atoms with van der Waals surface area (Å²) in [4.78, 5) is 17.0. The Hall–Kier alpha value is -3.80. The third-order valence-corrected chi connectivity index (χ3v) is 5.76. The predicted molar refractivity (Wildman–Crippen MR) is 139 cm³/mol. The Labute approximate surface area is 206 Å². The highest BCUT2D eigenvalue weighted by Gasteiger charge is 2.11. The first-order valence-electron chi connectivity index (χ1n) is 12.2. The molecule has 1 N–H and O–H groups in total. The maximum atomic E-state index is 12.2. The fraction of sp³-hybridized carbons (Fsp3) is 0.310. The van der Waals surface area contributed by atoms with Gasteiger partial charge < -0.3 is 19.4 Å². The van der Waals surface area contributed by atoms with Crippen LogP contribution in [0.4, 0.5) is 0 Å². The van der Waals surface area contributed by atoms with Crippen LogP contribution in [0.2, 0.25) is 0 Å². The maximum Gasteiger partial charge on any atom is 0.257 e. The summed E-state index contributed by atoms with van der Waals surface area (Å²) in [6.45, 7) is 6.23. The van der Waals surface area contributed by atoms with Gasteiger partial charge in [0, 0.05) is 19.5 Å². The van der Waals surface area contributed by atoms with Crippen LogP contribution >= 0.6 is 0 Å². The number of benzene rings is 3. The van der Waals surface area contributed by atoms with Gasteiger partial charge in [-0.3, -0.25) is 4.79 Å². The standard InChI is InChI=1S/C29H33N3O3/c1-22-18-23(2)20-25(19-22)34-17-9-8-16-32-27-13-7-6-12-26(27)31-28(32)14-15-30-29(33)21-35-24-10-4-3-5-11-24/h3-7,10-13,18-20H,8-9,14-17,21H2,1-2H3,(H,30,33). The van der Waals surface area contributed by atoms with Crippen LogP contribution in [0, 0.1) is 13.8 Å². The monoisotopic (exact) mass is 471 g/mol. The molecule has 1 heterocycles. The average molecular weight is 472 g/mol. The van der Waals surface area contributed by atoms with Gasteiger partial charge in [-0.15, -0.1) is 0 Å². The van der Waals surface area contributed by atoms with E-state index in [0.717, 1.165) is 42.0 Å². The second-order valence-corrected chi connectivity index (χ2v) is 8.75. The Morgan fingerprint density at radius 3 is 2.43 bits per heavy atom. The van der Waals surface area contributed by atoms with E-state index < -0.39 is 0 Å². The maximum absolute atomic E-state index is 12.2. The van der Waals surface area contributed by atoms with Crippen molar-refractivity contribution in [1.82, 2.24) is 14.9 Å². The van der Waals surface area contributed by atoms with Gasteiger partial charge in [0.2, 0.25) is 0 Å². The number of carbonyl (C=O) groups is 1. The zero-order valence-electron chi connectivity index (χ0n) is 20.5. The molecular formula is C29H33N3O3. The van der Waals surface area contributed by atoms with E-state index in [1.54, 1.807) is 0 Å². The summed E-state index contributed by atoms with van der Waals surface area (Å²) in [5, 5.41) is 2.94. The van der Waals surface area contributed by atoms with Crippen molar-refractivity contribution in [2.45, 2.75) is 39.7 Å². The quantitative estimate of drug-likeness (QED) is 0.287. The van der Waals surface area contributed by atoms with Crippen LogP contribution in [0.5, 0.6) is 11.5 Å². The molecule has 0 aliphatic heterocycles. The Morgan fingerprint density at radius 2 is 1.63 bits per heavy atom. The van der Waals surface area contributed by atoms with Crippen molar-refractivity contribution >= 4 is 16.9 Å². The third-order valence-electron chi connectivity index (χ3n) is 5.76. The number of para-hydroxylation sites is 3. The Morgan fingerprint density at radius 1 is 0.886 bits per heavy atom. The molecule has 6 heteroatoms. The van der Waals surface area contributed by atoms with Crippen LogP contribution < -0.4 is 14.8 Å². The molecule has 0 aliphatic rings. The minimum Gasteiger partial charge on any atom is -0.494 e. The number of imidazole rings is 1. The van der Waals surface area contributed by atoms with Gasteiger partial charge in [-0.2, -0.15) is 0 Å². The van der Waals surface area contributed by atoms with Crippen molar-refractivity contribution in [1.29, 1.82) is 0 Å². The van der Waals surface area contributed by atoms with Crippen molar-refractivity contribution < 1.29 is 14.3 Å². The summed E-state index contributed by atoms with van der Waals surface area (Å²) in [6, 6.07) is 23.8. The van der Waals surface area contributed by atoms with Crippen molar-refractivity contribution in [2.24, 2.45) is 0 Å². The molecule has 1 amide bonds. The Kier molecular flexibility index (Phi) is 8.39. The lowest BCUT2D eigenvalue weighted by atomic mass is 10.1. The summed E-state index contributed by atoms with van der Waals surface area (Å²) in [6.07, 6.45) is 2.59. The largest absolute Gasteiger partial charge is 0.494 e. The first-order valence-corrected chi connectivity index (χ1v) is 12.2. The normalized spacial score (nSPS) is 10.9. The van der Waals surface area contributed by atoms with Crippen LogP contribution in [0.25, 0.3) is 11.0 Å². The van der Waals surface area contributed by atoms with Crippen LogP contribution in [-0.4, -0.2) is 35.2 Å². The average Bonchev–Trinajstić information content (AvgIpc) is 3.20. The summed E-state index contributed by atoms with van der Waals surface area (Å²) >= 11 is 0. The number of nitrogens with one attached hydrogen (secondary N) is 1. The highest BCUT2D eigenvalue weighted by atomic mass is 16.5. The lowest BCUT2D eigenvalue weighted by Gasteiger charge is -2.11. The number of ether oxygens (including phenoxy) is 2. The fourth-order valence-electron chi connectivity index (χ4n) is 4.17. The van der Waals surface area contributed by atoms with Crippen LogP contribution in [-0.2, 0) is 17.8 Å². The third kappa shape index (κ3) is 7.09. The predicted octanol–water partition coefficient (Wildman–Crippen LogP) is 5.25. The minimum atomic E-state index is -0.139. The minimum absolute atomic E-state index is 0.000886. The van der Waals surface area contributed by atoms with Crippen molar-refractivity contribution in [3.8, 4) is 11.5 Å². The number of hydrogen-bond donors (Lipinski definition) is 1. The molecule has 0 bridgehead atoms. The molecule has 0 spiro atoms. The van der Waals surface area contributed by atoms with Crippen molar-refractivity contribution in [2.75, 3.05) is 19.8 Å². The Bertz CT molecular complexity index is 1230. The number of carbonyl (C=O) groups excluding carboxylic acids is 1. The fourth-order valence-corrected chi connectivity index (χ4v) is 4.17. The van der Waals surface area contributed by atoms with E-state index in [0.29, 0.717) is 25.3 Å². The van der Waals surface area contributed by atoms with Gasteiger partial charge in [-0.05, 0) is 74.2 Å². The first kappa shape index (κ1) is 24.3. The molecule has 4 aromatic rings. The smallest absolute Gasteiger partial charge is 0.257 e. The number of hydrogen-bond acceptors (Lipinski definition) is 4. The van der Waals surface area contributed by atoms with E-state index in [2.05, 4.69) is 48.0 Å². The van der Waals surface area contributed by atoms with E-state index >= 15 is 0 Å². The first-order chi connectivity index (χ1) is 17.1. The number of aryl methyl sites for hydroxylation is 3. The summed E-state index contributed by atoms with van der Waals surface area (Å²) in [5.74, 6) is 2.46. The second-order valence-electron chi connectivity index (χ2n) is 8.75. The van der Waals surface area contributed by atoms with Crippen LogP contribution in [0.15, 0.2) is 72.8 Å². The summed E-state index contributed by atoms with van der Waals surface area (Å²) in [7, 11) is 0. The molecule has 0 aliphatic carbocycles. The number of fused-ring (bicyclic) bond motifs is 1. The number of aromatic nitrogens is 2. The second kappa shape index (κ2) is 12.1. The van der Waals surface area contributed by atoms with E-state index in [1.165, 1.54) is 11.1 Å². The van der Waals surface area contributed by atoms with Gasteiger partial charge in [0.15, 0.2) is 6.61 Å². The van der Waals surface area contributed by atoms with Gasteiger partial charge >= 0.3 is 0 Å². The SMILES string of the molecule is Cc1cc(C)cc(OCCCCn2c(CCNC(=O)COc3ccccc3)nc3ccccc32)c1. The molecule has 6 nitrogen and oxygen atoms in total. The van der Waals surface area contributed by atoms with Crippen LogP contribution in [0.1, 0.15) is 29.8 Å². The van der Waals surface area contributed by atoms with E-state index in [1.807, 2.05) is 48.5 Å². The van der Waals surface area contributed by atoms with Gasteiger partial charge in [0.1, 0.15) is 17.3 Å². The highest BCUT2D eigenvalue weighted by Crippen LogP contribution is 2.19. The molecule has 1 aromatic heterocycles. The Balaban J connectivity index is 1.27. The van der Waals surface area contributed by atoms with Crippen molar-refractivity contribution in [3.63, 3.8) is 0 Å². The molecule has 4 rings (SSSR count). The molecule has 182 valence electrons. The molecule has 0 atom stereocenters.